The highest BCUT2D eigenvalue weighted by molar-refractivity contribution is 7.99. The zero-order chi connectivity index (χ0) is 11.4. The fourth-order valence-electron chi connectivity index (χ4n) is 1.97. The van der Waals surface area contributed by atoms with Crippen molar-refractivity contribution in [1.82, 2.24) is 5.32 Å². The van der Waals surface area contributed by atoms with E-state index in [0.29, 0.717) is 6.54 Å². The molecule has 1 aromatic rings. The zero-order valence-electron chi connectivity index (χ0n) is 9.70. The SMILES string of the molecule is Cc1ccccc1CNCC1(O)CCSC1. The molecule has 0 aliphatic carbocycles. The van der Waals surface area contributed by atoms with Crippen molar-refractivity contribution in [2.45, 2.75) is 25.5 Å². The summed E-state index contributed by atoms with van der Waals surface area (Å²) in [6.45, 7) is 3.67. The molecule has 0 aromatic heterocycles. The Morgan fingerprint density at radius 1 is 1.44 bits per heavy atom. The fourth-order valence-corrected chi connectivity index (χ4v) is 3.27. The lowest BCUT2D eigenvalue weighted by Gasteiger charge is -2.21. The molecule has 1 aliphatic rings. The molecule has 1 unspecified atom stereocenters. The molecular weight excluding hydrogens is 218 g/mol. The summed E-state index contributed by atoms with van der Waals surface area (Å²) in [7, 11) is 0. The van der Waals surface area contributed by atoms with Crippen molar-refractivity contribution in [1.29, 1.82) is 0 Å². The molecule has 1 saturated heterocycles. The molecule has 0 radical (unpaired) electrons. The highest BCUT2D eigenvalue weighted by Crippen LogP contribution is 2.27. The van der Waals surface area contributed by atoms with E-state index >= 15 is 0 Å². The van der Waals surface area contributed by atoms with Crippen molar-refractivity contribution in [3.63, 3.8) is 0 Å². The van der Waals surface area contributed by atoms with Gasteiger partial charge in [-0.3, -0.25) is 0 Å². The summed E-state index contributed by atoms with van der Waals surface area (Å²) in [5.41, 5.74) is 2.15. The second-order valence-corrected chi connectivity index (χ2v) is 5.66. The first-order chi connectivity index (χ1) is 7.70. The van der Waals surface area contributed by atoms with E-state index in [2.05, 4.69) is 36.5 Å². The Balaban J connectivity index is 1.82. The van der Waals surface area contributed by atoms with Gasteiger partial charge in [0.25, 0.3) is 0 Å². The predicted octanol–water partition coefficient (Wildman–Crippen LogP) is 1.95. The van der Waals surface area contributed by atoms with Gasteiger partial charge in [0.05, 0.1) is 5.60 Å². The Kier molecular flexibility index (Phi) is 3.90. The lowest BCUT2D eigenvalue weighted by molar-refractivity contribution is 0.0674. The van der Waals surface area contributed by atoms with E-state index in [1.807, 2.05) is 11.8 Å². The molecule has 1 atom stereocenters. The number of hydrogen-bond donors (Lipinski definition) is 2. The van der Waals surface area contributed by atoms with Crippen LogP contribution in [0.2, 0.25) is 0 Å². The maximum Gasteiger partial charge on any atom is 0.0869 e. The quantitative estimate of drug-likeness (QED) is 0.839. The molecule has 0 amide bonds. The van der Waals surface area contributed by atoms with Crippen LogP contribution in [0.5, 0.6) is 0 Å². The van der Waals surface area contributed by atoms with Gasteiger partial charge < -0.3 is 10.4 Å². The second-order valence-electron chi connectivity index (χ2n) is 4.56. The Labute approximate surface area is 101 Å². The molecule has 2 rings (SSSR count). The molecule has 0 saturated carbocycles. The van der Waals surface area contributed by atoms with Crippen LogP contribution in [0.1, 0.15) is 17.5 Å². The average molecular weight is 237 g/mol. The Morgan fingerprint density at radius 2 is 2.25 bits per heavy atom. The van der Waals surface area contributed by atoms with Crippen molar-refractivity contribution >= 4 is 11.8 Å². The second kappa shape index (κ2) is 5.21. The zero-order valence-corrected chi connectivity index (χ0v) is 10.5. The van der Waals surface area contributed by atoms with Gasteiger partial charge in [0.1, 0.15) is 0 Å². The largest absolute Gasteiger partial charge is 0.388 e. The summed E-state index contributed by atoms with van der Waals surface area (Å²) in [5.74, 6) is 1.95. The van der Waals surface area contributed by atoms with E-state index in [9.17, 15) is 5.11 Å². The van der Waals surface area contributed by atoms with Gasteiger partial charge in [0.2, 0.25) is 0 Å². The first kappa shape index (κ1) is 12.0. The molecule has 0 spiro atoms. The minimum Gasteiger partial charge on any atom is -0.388 e. The van der Waals surface area contributed by atoms with Gasteiger partial charge in [0.15, 0.2) is 0 Å². The van der Waals surface area contributed by atoms with Crippen molar-refractivity contribution < 1.29 is 5.11 Å². The topological polar surface area (TPSA) is 32.3 Å². The summed E-state index contributed by atoms with van der Waals surface area (Å²) in [5, 5.41) is 13.5. The van der Waals surface area contributed by atoms with Gasteiger partial charge in [0, 0.05) is 18.8 Å². The highest BCUT2D eigenvalue weighted by atomic mass is 32.2. The maximum absolute atomic E-state index is 10.2. The number of hydrogen-bond acceptors (Lipinski definition) is 3. The van der Waals surface area contributed by atoms with E-state index in [-0.39, 0.29) is 0 Å². The van der Waals surface area contributed by atoms with Gasteiger partial charge in [-0.05, 0) is 30.2 Å². The van der Waals surface area contributed by atoms with Gasteiger partial charge in [-0.1, -0.05) is 24.3 Å². The van der Waals surface area contributed by atoms with Crippen molar-refractivity contribution in [3.05, 3.63) is 35.4 Å². The van der Waals surface area contributed by atoms with E-state index in [4.69, 9.17) is 0 Å². The first-order valence-corrected chi connectivity index (χ1v) is 6.90. The Bertz CT molecular complexity index is 348. The number of benzene rings is 1. The summed E-state index contributed by atoms with van der Waals surface area (Å²) in [6, 6.07) is 8.37. The monoisotopic (exact) mass is 237 g/mol. The van der Waals surface area contributed by atoms with Gasteiger partial charge >= 0.3 is 0 Å². The minimum absolute atomic E-state index is 0.479. The molecule has 1 aliphatic heterocycles. The van der Waals surface area contributed by atoms with Crippen LogP contribution in [0.25, 0.3) is 0 Å². The van der Waals surface area contributed by atoms with E-state index in [1.165, 1.54) is 11.1 Å². The third kappa shape index (κ3) is 3.00. The van der Waals surface area contributed by atoms with Crippen LogP contribution >= 0.6 is 11.8 Å². The van der Waals surface area contributed by atoms with Gasteiger partial charge in [-0.2, -0.15) is 11.8 Å². The highest BCUT2D eigenvalue weighted by Gasteiger charge is 2.30. The smallest absolute Gasteiger partial charge is 0.0869 e. The van der Waals surface area contributed by atoms with E-state index < -0.39 is 5.60 Å². The molecule has 1 heterocycles. The minimum atomic E-state index is -0.479. The number of nitrogens with one attached hydrogen (secondary N) is 1. The van der Waals surface area contributed by atoms with Gasteiger partial charge in [-0.15, -0.1) is 0 Å². The Hall–Kier alpha value is -0.510. The molecule has 16 heavy (non-hydrogen) atoms. The summed E-state index contributed by atoms with van der Waals surface area (Å²) < 4.78 is 0. The number of thioether (sulfide) groups is 1. The summed E-state index contributed by atoms with van der Waals surface area (Å²) in [4.78, 5) is 0. The molecule has 1 fully saturated rings. The molecule has 2 nitrogen and oxygen atoms in total. The molecule has 3 heteroatoms. The van der Waals surface area contributed by atoms with Crippen LogP contribution < -0.4 is 5.32 Å². The number of aryl methyl sites for hydroxylation is 1. The summed E-state index contributed by atoms with van der Waals surface area (Å²) in [6.07, 6.45) is 0.915. The lowest BCUT2D eigenvalue weighted by Crippen LogP contribution is -2.40. The third-order valence-electron chi connectivity index (χ3n) is 3.11. The number of rotatable bonds is 4. The third-order valence-corrected chi connectivity index (χ3v) is 4.35. The van der Waals surface area contributed by atoms with Crippen LogP contribution in [0.3, 0.4) is 0 Å². The summed E-state index contributed by atoms with van der Waals surface area (Å²) >= 11 is 1.84. The molecule has 1 aromatic carbocycles. The van der Waals surface area contributed by atoms with Crippen LogP contribution in [-0.2, 0) is 6.54 Å². The van der Waals surface area contributed by atoms with Crippen molar-refractivity contribution in [3.8, 4) is 0 Å². The molecular formula is C13H19NOS. The lowest BCUT2D eigenvalue weighted by atomic mass is 10.0. The standard InChI is InChI=1S/C13H19NOS/c1-11-4-2-3-5-12(11)8-14-9-13(15)6-7-16-10-13/h2-5,14-15H,6-10H2,1H3. The molecule has 88 valence electrons. The van der Waals surface area contributed by atoms with Crippen LogP contribution in [-0.4, -0.2) is 28.8 Å². The predicted molar refractivity (Wildman–Crippen MR) is 69.8 cm³/mol. The van der Waals surface area contributed by atoms with Crippen molar-refractivity contribution in [2.24, 2.45) is 0 Å². The first-order valence-electron chi connectivity index (χ1n) is 5.75. The Morgan fingerprint density at radius 3 is 2.94 bits per heavy atom. The van der Waals surface area contributed by atoms with E-state index in [1.54, 1.807) is 0 Å². The maximum atomic E-state index is 10.2. The van der Waals surface area contributed by atoms with Crippen LogP contribution in [0.4, 0.5) is 0 Å². The fraction of sp³-hybridized carbons (Fsp3) is 0.538. The van der Waals surface area contributed by atoms with Gasteiger partial charge in [-0.25, -0.2) is 0 Å². The van der Waals surface area contributed by atoms with Crippen LogP contribution in [0.15, 0.2) is 24.3 Å². The number of aliphatic hydroxyl groups is 1. The molecule has 2 N–H and O–H groups in total. The van der Waals surface area contributed by atoms with Crippen LogP contribution in [0, 0.1) is 6.92 Å². The molecule has 0 bridgehead atoms. The normalized spacial score (nSPS) is 24.9. The average Bonchev–Trinajstić information content (AvgIpc) is 2.68. The van der Waals surface area contributed by atoms with Crippen molar-refractivity contribution in [2.75, 3.05) is 18.1 Å². The van der Waals surface area contributed by atoms with E-state index in [0.717, 1.165) is 24.5 Å².